The number of hydrogen-bond acceptors (Lipinski definition) is 2. The molecule has 2 unspecified atom stereocenters. The average Bonchev–Trinajstić information content (AvgIpc) is 2.19. The highest BCUT2D eigenvalue weighted by Crippen LogP contribution is 2.53. The van der Waals surface area contributed by atoms with Gasteiger partial charge in [0.1, 0.15) is 0 Å². The summed E-state index contributed by atoms with van der Waals surface area (Å²) in [6.07, 6.45) is 5.18. The van der Waals surface area contributed by atoms with E-state index < -0.39 is 8.48 Å². The van der Waals surface area contributed by atoms with Gasteiger partial charge < -0.3 is 9.41 Å². The third-order valence-corrected chi connectivity index (χ3v) is 8.95. The van der Waals surface area contributed by atoms with E-state index in [0.717, 1.165) is 17.6 Å². The summed E-state index contributed by atoms with van der Waals surface area (Å²) in [6, 6.07) is 0. The molecule has 1 saturated heterocycles. The number of nitrogens with one attached hydrogen (secondary N) is 1. The summed E-state index contributed by atoms with van der Waals surface area (Å²) in [7, 11) is 0.369. The van der Waals surface area contributed by atoms with Gasteiger partial charge in [0.2, 0.25) is 0 Å². The molecule has 0 amide bonds. The van der Waals surface area contributed by atoms with E-state index >= 15 is 0 Å². The van der Waals surface area contributed by atoms with Crippen molar-refractivity contribution in [3.8, 4) is 0 Å². The first-order valence-electron chi connectivity index (χ1n) is 6.05. The molecule has 2 atom stereocenters. The predicted octanol–water partition coefficient (Wildman–Crippen LogP) is 3.04. The Kier molecular flexibility index (Phi) is 4.61. The van der Waals surface area contributed by atoms with Gasteiger partial charge in [-0.15, -0.1) is 0 Å². The molecule has 0 bridgehead atoms. The topological polar surface area (TPSA) is 21.3 Å². The maximum Gasteiger partial charge on any atom is 0.274 e. The molecule has 1 heterocycles. The lowest BCUT2D eigenvalue weighted by molar-refractivity contribution is 0.292. The van der Waals surface area contributed by atoms with Crippen LogP contribution in [0.5, 0.6) is 0 Å². The van der Waals surface area contributed by atoms with Crippen LogP contribution in [0.4, 0.5) is 0 Å². The van der Waals surface area contributed by atoms with Gasteiger partial charge in [0.15, 0.2) is 0 Å². The fraction of sp³-hybridized carbons (Fsp3) is 1.00. The van der Waals surface area contributed by atoms with Gasteiger partial charge in [-0.3, -0.25) is 0 Å². The van der Waals surface area contributed by atoms with Crippen molar-refractivity contribution in [1.82, 2.24) is 4.98 Å². The quantitative estimate of drug-likeness (QED) is 0.688. The zero-order valence-electron chi connectivity index (χ0n) is 10.1. The van der Waals surface area contributed by atoms with Crippen LogP contribution in [0, 0.1) is 0 Å². The van der Waals surface area contributed by atoms with E-state index in [-0.39, 0.29) is 0 Å². The summed E-state index contributed by atoms with van der Waals surface area (Å²) in [5, 5.41) is 0. The summed E-state index contributed by atoms with van der Waals surface area (Å²) in [5.74, 6) is 0. The van der Waals surface area contributed by atoms with E-state index in [2.05, 4.69) is 25.8 Å². The third-order valence-electron chi connectivity index (χ3n) is 3.76. The van der Waals surface area contributed by atoms with E-state index in [4.69, 9.17) is 4.43 Å². The summed E-state index contributed by atoms with van der Waals surface area (Å²) >= 11 is 0. The van der Waals surface area contributed by atoms with Crippen LogP contribution in [0.3, 0.4) is 0 Å². The lowest BCUT2D eigenvalue weighted by atomic mass is 10.1. The Hall–Kier alpha value is 0.137. The molecular formula is C11H25NOSi. The Balaban J connectivity index is 2.61. The van der Waals surface area contributed by atoms with E-state index in [0.29, 0.717) is 0 Å². The highest BCUT2D eigenvalue weighted by molar-refractivity contribution is 6.77. The van der Waals surface area contributed by atoms with Crippen LogP contribution < -0.4 is 4.98 Å². The fourth-order valence-corrected chi connectivity index (χ4v) is 7.56. The molecule has 1 rings (SSSR count). The van der Waals surface area contributed by atoms with Crippen LogP contribution in [0.1, 0.15) is 46.5 Å². The second-order valence-corrected chi connectivity index (χ2v) is 8.35. The molecule has 2 nitrogen and oxygen atoms in total. The minimum absolute atomic E-state index is 0.851. The molecular weight excluding hydrogens is 190 g/mol. The third kappa shape index (κ3) is 1.90. The summed E-state index contributed by atoms with van der Waals surface area (Å²) in [5.41, 5.74) is 1.70. The Morgan fingerprint density at radius 3 is 2.14 bits per heavy atom. The van der Waals surface area contributed by atoms with E-state index in [1.54, 1.807) is 0 Å². The SMILES string of the molecule is CCCN[Si]1(OC)C(CC)CC1CC. The van der Waals surface area contributed by atoms with Gasteiger partial charge in [0.25, 0.3) is 8.48 Å². The maximum atomic E-state index is 5.91. The van der Waals surface area contributed by atoms with Gasteiger partial charge in [-0.25, -0.2) is 0 Å². The van der Waals surface area contributed by atoms with Gasteiger partial charge in [0.05, 0.1) is 0 Å². The van der Waals surface area contributed by atoms with Crippen molar-refractivity contribution < 1.29 is 4.43 Å². The van der Waals surface area contributed by atoms with Crippen LogP contribution in [-0.2, 0) is 4.43 Å². The van der Waals surface area contributed by atoms with Crippen molar-refractivity contribution in [3.05, 3.63) is 0 Å². The largest absolute Gasteiger partial charge is 0.406 e. The molecule has 0 saturated carbocycles. The van der Waals surface area contributed by atoms with E-state index in [9.17, 15) is 0 Å². The lowest BCUT2D eigenvalue weighted by Gasteiger charge is -2.52. The first-order chi connectivity index (χ1) is 6.75. The van der Waals surface area contributed by atoms with Crippen molar-refractivity contribution in [3.63, 3.8) is 0 Å². The molecule has 3 heteroatoms. The fourth-order valence-electron chi connectivity index (χ4n) is 2.82. The normalized spacial score (nSPS) is 36.9. The minimum atomic E-state index is -1.55. The minimum Gasteiger partial charge on any atom is -0.406 e. The predicted molar refractivity (Wildman–Crippen MR) is 63.8 cm³/mol. The van der Waals surface area contributed by atoms with Crippen molar-refractivity contribution in [1.29, 1.82) is 0 Å². The molecule has 1 aliphatic heterocycles. The van der Waals surface area contributed by atoms with Crippen molar-refractivity contribution in [2.45, 2.75) is 57.5 Å². The number of rotatable bonds is 6. The zero-order chi connectivity index (χ0) is 10.6. The second kappa shape index (κ2) is 5.28. The molecule has 84 valence electrons. The van der Waals surface area contributed by atoms with Crippen LogP contribution in [0.25, 0.3) is 0 Å². The standard InChI is InChI=1S/C11H25NOSi/c1-5-8-12-14(13-4)10(6-2)9-11(14)7-3/h10-12H,5-9H2,1-4H3. The smallest absolute Gasteiger partial charge is 0.274 e. The van der Waals surface area contributed by atoms with Crippen LogP contribution in [0.2, 0.25) is 11.1 Å². The molecule has 0 aromatic carbocycles. The first kappa shape index (κ1) is 12.2. The van der Waals surface area contributed by atoms with Crippen LogP contribution in [-0.4, -0.2) is 22.1 Å². The Morgan fingerprint density at radius 2 is 1.79 bits per heavy atom. The molecule has 0 aliphatic carbocycles. The van der Waals surface area contributed by atoms with Gasteiger partial charge >= 0.3 is 0 Å². The maximum absolute atomic E-state index is 5.91. The molecule has 0 spiro atoms. The van der Waals surface area contributed by atoms with Crippen molar-refractivity contribution in [2.75, 3.05) is 13.7 Å². The summed E-state index contributed by atoms with van der Waals surface area (Å²) in [4.78, 5) is 3.75. The monoisotopic (exact) mass is 215 g/mol. The van der Waals surface area contributed by atoms with Crippen molar-refractivity contribution in [2.24, 2.45) is 0 Å². The van der Waals surface area contributed by atoms with E-state index in [1.807, 2.05) is 7.11 Å². The van der Waals surface area contributed by atoms with E-state index in [1.165, 1.54) is 25.7 Å². The molecule has 0 aromatic rings. The second-order valence-electron chi connectivity index (χ2n) is 4.37. The highest BCUT2D eigenvalue weighted by Gasteiger charge is 2.56. The zero-order valence-corrected chi connectivity index (χ0v) is 11.1. The molecule has 0 radical (unpaired) electrons. The molecule has 1 fully saturated rings. The molecule has 1 N–H and O–H groups in total. The van der Waals surface area contributed by atoms with Crippen molar-refractivity contribution >= 4 is 8.48 Å². The molecule has 14 heavy (non-hydrogen) atoms. The highest BCUT2D eigenvalue weighted by atomic mass is 28.4. The summed E-state index contributed by atoms with van der Waals surface area (Å²) in [6.45, 7) is 7.95. The van der Waals surface area contributed by atoms with Crippen LogP contribution in [0.15, 0.2) is 0 Å². The van der Waals surface area contributed by atoms with Gasteiger partial charge in [-0.2, -0.15) is 0 Å². The molecule has 0 aromatic heterocycles. The Labute approximate surface area is 89.6 Å². The number of hydrogen-bond donors (Lipinski definition) is 1. The Morgan fingerprint density at radius 1 is 1.21 bits per heavy atom. The first-order valence-corrected chi connectivity index (χ1v) is 8.11. The molecule has 1 aliphatic rings. The van der Waals surface area contributed by atoms with Gasteiger partial charge in [-0.05, 0) is 30.5 Å². The Bertz CT molecular complexity index is 165. The lowest BCUT2D eigenvalue weighted by Crippen LogP contribution is -2.66. The van der Waals surface area contributed by atoms with Gasteiger partial charge in [-0.1, -0.05) is 33.6 Å². The average molecular weight is 215 g/mol. The van der Waals surface area contributed by atoms with Gasteiger partial charge in [0, 0.05) is 7.11 Å². The van der Waals surface area contributed by atoms with Crippen LogP contribution >= 0.6 is 0 Å². The summed E-state index contributed by atoms with van der Waals surface area (Å²) < 4.78 is 5.91.